The predicted molar refractivity (Wildman–Crippen MR) is 106 cm³/mol. The van der Waals surface area contributed by atoms with Gasteiger partial charge in [-0.1, -0.05) is 16.8 Å². The Kier molecular flexibility index (Phi) is 4.79. The van der Waals surface area contributed by atoms with Crippen molar-refractivity contribution in [1.82, 2.24) is 5.16 Å². The van der Waals surface area contributed by atoms with Gasteiger partial charge in [0, 0.05) is 47.2 Å². The number of halogens is 1. The maximum absolute atomic E-state index is 11.7. The summed E-state index contributed by atoms with van der Waals surface area (Å²) in [6.07, 6.45) is 1.97. The molecular weight excluding hydrogens is 364 g/mol. The van der Waals surface area contributed by atoms with Crippen LogP contribution in [0.5, 0.6) is 5.75 Å². The molecule has 5 nitrogen and oxygen atoms in total. The van der Waals surface area contributed by atoms with Crippen molar-refractivity contribution in [2.75, 3.05) is 25.1 Å². The van der Waals surface area contributed by atoms with Gasteiger partial charge in [0.05, 0.1) is 18.4 Å². The van der Waals surface area contributed by atoms with E-state index in [0.717, 1.165) is 48.3 Å². The van der Waals surface area contributed by atoms with Crippen LogP contribution in [0.25, 0.3) is 11.0 Å². The van der Waals surface area contributed by atoms with Gasteiger partial charge in [0.1, 0.15) is 5.75 Å². The molecule has 27 heavy (non-hydrogen) atoms. The molecular formula is C21H21ClN2O3. The summed E-state index contributed by atoms with van der Waals surface area (Å²) in [5.74, 6) is 0.999. The Bertz CT molecular complexity index is 990. The number of benzene rings is 2. The number of hydrogen-bond donors (Lipinski definition) is 0. The fourth-order valence-corrected chi connectivity index (χ4v) is 3.97. The van der Waals surface area contributed by atoms with Crippen LogP contribution in [0.4, 0.5) is 5.69 Å². The number of piperidine rings is 1. The highest BCUT2D eigenvalue weighted by atomic mass is 35.5. The van der Waals surface area contributed by atoms with Crippen molar-refractivity contribution in [2.45, 2.75) is 25.7 Å². The largest absolute Gasteiger partial charge is 0.496 e. The zero-order chi connectivity index (χ0) is 19.0. The minimum absolute atomic E-state index is 0.00937. The van der Waals surface area contributed by atoms with Crippen molar-refractivity contribution in [3.8, 4) is 5.75 Å². The molecule has 1 saturated heterocycles. The Morgan fingerprint density at radius 3 is 2.70 bits per heavy atom. The molecule has 0 aliphatic carbocycles. The second-order valence-corrected chi connectivity index (χ2v) is 7.35. The molecule has 0 amide bonds. The number of carbonyl (C=O) groups excluding carboxylic acids is 1. The lowest BCUT2D eigenvalue weighted by molar-refractivity contribution is 0.101. The number of carbonyl (C=O) groups is 1. The molecule has 6 heteroatoms. The summed E-state index contributed by atoms with van der Waals surface area (Å²) >= 11 is 6.03. The molecule has 0 saturated carbocycles. The van der Waals surface area contributed by atoms with E-state index in [-0.39, 0.29) is 5.78 Å². The van der Waals surface area contributed by atoms with Crippen LogP contribution in [0, 0.1) is 0 Å². The van der Waals surface area contributed by atoms with E-state index >= 15 is 0 Å². The summed E-state index contributed by atoms with van der Waals surface area (Å²) in [6, 6.07) is 11.5. The summed E-state index contributed by atoms with van der Waals surface area (Å²) in [5, 5.41) is 6.01. The normalized spacial score (nSPS) is 15.3. The van der Waals surface area contributed by atoms with Crippen molar-refractivity contribution >= 4 is 34.0 Å². The van der Waals surface area contributed by atoms with Crippen LogP contribution in [0.1, 0.15) is 41.7 Å². The summed E-state index contributed by atoms with van der Waals surface area (Å²) in [6.45, 7) is 3.38. The van der Waals surface area contributed by atoms with Crippen LogP contribution in [0.15, 0.2) is 40.9 Å². The van der Waals surface area contributed by atoms with E-state index in [2.05, 4.69) is 10.1 Å². The summed E-state index contributed by atoms with van der Waals surface area (Å²) < 4.78 is 10.9. The Morgan fingerprint density at radius 1 is 1.22 bits per heavy atom. The Hall–Kier alpha value is -2.53. The molecule has 1 fully saturated rings. The van der Waals surface area contributed by atoms with Crippen LogP contribution < -0.4 is 9.64 Å². The van der Waals surface area contributed by atoms with Crippen molar-refractivity contribution in [3.63, 3.8) is 0 Å². The number of aromatic nitrogens is 1. The molecule has 0 N–H and O–H groups in total. The number of anilines is 1. The Morgan fingerprint density at radius 2 is 2.00 bits per heavy atom. The maximum atomic E-state index is 11.7. The molecule has 4 rings (SSSR count). The van der Waals surface area contributed by atoms with Gasteiger partial charge < -0.3 is 14.2 Å². The minimum Gasteiger partial charge on any atom is -0.496 e. The van der Waals surface area contributed by atoms with Crippen molar-refractivity contribution in [1.29, 1.82) is 0 Å². The van der Waals surface area contributed by atoms with Crippen molar-refractivity contribution < 1.29 is 14.1 Å². The zero-order valence-electron chi connectivity index (χ0n) is 15.4. The van der Waals surface area contributed by atoms with Gasteiger partial charge in [-0.15, -0.1) is 0 Å². The quantitative estimate of drug-likeness (QED) is 0.587. The van der Waals surface area contributed by atoms with Gasteiger partial charge in [-0.2, -0.15) is 0 Å². The SMILES string of the molecule is COc1cc(N2CCC(c3noc4cc(Cl)ccc34)CC2)ccc1C(C)=O. The minimum atomic E-state index is 0.00937. The van der Waals surface area contributed by atoms with Crippen LogP contribution in [-0.4, -0.2) is 31.1 Å². The average molecular weight is 385 g/mol. The second-order valence-electron chi connectivity index (χ2n) is 6.91. The van der Waals surface area contributed by atoms with Crippen LogP contribution in [0.3, 0.4) is 0 Å². The fourth-order valence-electron chi connectivity index (χ4n) is 3.80. The van der Waals surface area contributed by atoms with E-state index in [1.807, 2.05) is 36.4 Å². The summed E-state index contributed by atoms with van der Waals surface area (Å²) in [5.41, 5.74) is 3.45. The van der Waals surface area contributed by atoms with E-state index < -0.39 is 0 Å². The van der Waals surface area contributed by atoms with E-state index in [4.69, 9.17) is 20.9 Å². The zero-order valence-corrected chi connectivity index (χ0v) is 16.1. The predicted octanol–water partition coefficient (Wildman–Crippen LogP) is 5.08. The topological polar surface area (TPSA) is 55.6 Å². The Labute approximate surface area is 162 Å². The van der Waals surface area contributed by atoms with Crippen LogP contribution >= 0.6 is 11.6 Å². The number of ketones is 1. The maximum Gasteiger partial charge on any atom is 0.168 e. The lowest BCUT2D eigenvalue weighted by atomic mass is 9.91. The molecule has 0 bridgehead atoms. The molecule has 3 aromatic rings. The number of fused-ring (bicyclic) bond motifs is 1. The van der Waals surface area contributed by atoms with Crippen molar-refractivity contribution in [2.24, 2.45) is 0 Å². The first-order chi connectivity index (χ1) is 13.1. The molecule has 1 aliphatic rings. The first-order valence-electron chi connectivity index (χ1n) is 9.05. The molecule has 0 spiro atoms. The molecule has 0 atom stereocenters. The summed E-state index contributed by atoms with van der Waals surface area (Å²) in [7, 11) is 1.60. The molecule has 0 radical (unpaired) electrons. The van der Waals surface area contributed by atoms with Crippen LogP contribution in [-0.2, 0) is 0 Å². The molecule has 140 valence electrons. The standard InChI is InChI=1S/C21H21ClN2O3/c1-13(25)17-6-4-16(12-19(17)26-2)24-9-7-14(8-10-24)21-18-5-3-15(22)11-20(18)27-23-21/h3-6,11-12,14H,7-10H2,1-2H3. The second kappa shape index (κ2) is 7.24. The van der Waals surface area contributed by atoms with E-state index in [0.29, 0.717) is 22.3 Å². The van der Waals surface area contributed by atoms with Gasteiger partial charge in [-0.3, -0.25) is 4.79 Å². The molecule has 1 aromatic heterocycles. The number of methoxy groups -OCH3 is 1. The number of rotatable bonds is 4. The third-order valence-electron chi connectivity index (χ3n) is 5.27. The van der Waals surface area contributed by atoms with Gasteiger partial charge in [-0.05, 0) is 44.0 Å². The number of nitrogens with zero attached hydrogens (tertiary/aromatic N) is 2. The number of ether oxygens (including phenoxy) is 1. The summed E-state index contributed by atoms with van der Waals surface area (Å²) in [4.78, 5) is 14.0. The van der Waals surface area contributed by atoms with E-state index in [1.54, 1.807) is 14.0 Å². The van der Waals surface area contributed by atoms with Crippen molar-refractivity contribution in [3.05, 3.63) is 52.7 Å². The highest BCUT2D eigenvalue weighted by Crippen LogP contribution is 2.35. The highest BCUT2D eigenvalue weighted by molar-refractivity contribution is 6.31. The first-order valence-corrected chi connectivity index (χ1v) is 9.43. The first kappa shape index (κ1) is 17.9. The molecule has 2 aromatic carbocycles. The van der Waals surface area contributed by atoms with Gasteiger partial charge in [-0.25, -0.2) is 0 Å². The number of Topliss-reactive ketones (excluding diaryl/α,β-unsaturated/α-hetero) is 1. The molecule has 0 unspecified atom stereocenters. The van der Waals surface area contributed by atoms with Gasteiger partial charge >= 0.3 is 0 Å². The fraction of sp³-hybridized carbons (Fsp3) is 0.333. The molecule has 1 aliphatic heterocycles. The smallest absolute Gasteiger partial charge is 0.168 e. The lowest BCUT2D eigenvalue weighted by Crippen LogP contribution is -2.33. The third kappa shape index (κ3) is 3.39. The highest BCUT2D eigenvalue weighted by Gasteiger charge is 2.25. The lowest BCUT2D eigenvalue weighted by Gasteiger charge is -2.33. The van der Waals surface area contributed by atoms with E-state index in [9.17, 15) is 4.79 Å². The van der Waals surface area contributed by atoms with E-state index in [1.165, 1.54) is 0 Å². The van der Waals surface area contributed by atoms with Crippen LogP contribution in [0.2, 0.25) is 5.02 Å². The van der Waals surface area contributed by atoms with Gasteiger partial charge in [0.2, 0.25) is 0 Å². The number of hydrogen-bond acceptors (Lipinski definition) is 5. The van der Waals surface area contributed by atoms with Gasteiger partial charge in [0.25, 0.3) is 0 Å². The molecule has 2 heterocycles. The average Bonchev–Trinajstić information content (AvgIpc) is 3.10. The monoisotopic (exact) mass is 384 g/mol. The van der Waals surface area contributed by atoms with Gasteiger partial charge in [0.15, 0.2) is 11.4 Å². The Balaban J connectivity index is 1.51. The third-order valence-corrected chi connectivity index (χ3v) is 5.51.